The number of hydrogen-bond acceptors (Lipinski definition) is 4. The highest BCUT2D eigenvalue weighted by molar-refractivity contribution is 5.75. The molecular formula is C21H25N3O3. The van der Waals surface area contributed by atoms with Crippen molar-refractivity contribution in [3.63, 3.8) is 0 Å². The monoisotopic (exact) mass is 367 g/mol. The Morgan fingerprint density at radius 3 is 2.70 bits per heavy atom. The number of anilines is 1. The molecule has 2 aliphatic rings. The van der Waals surface area contributed by atoms with Crippen molar-refractivity contribution in [2.24, 2.45) is 0 Å². The number of nitrogens with zero attached hydrogens (tertiary/aromatic N) is 2. The van der Waals surface area contributed by atoms with Gasteiger partial charge in [0.15, 0.2) is 0 Å². The van der Waals surface area contributed by atoms with Crippen LogP contribution in [0.5, 0.6) is 11.5 Å². The van der Waals surface area contributed by atoms with Crippen molar-refractivity contribution >= 4 is 11.7 Å². The quantitative estimate of drug-likeness (QED) is 0.906. The number of nitrogens with one attached hydrogen (secondary N) is 1. The van der Waals surface area contributed by atoms with Gasteiger partial charge in [-0.05, 0) is 36.8 Å². The number of hydrogen-bond donors (Lipinski definition) is 1. The van der Waals surface area contributed by atoms with Gasteiger partial charge in [0.05, 0.1) is 13.2 Å². The van der Waals surface area contributed by atoms with E-state index in [9.17, 15) is 4.79 Å². The summed E-state index contributed by atoms with van der Waals surface area (Å²) >= 11 is 0. The molecule has 1 unspecified atom stereocenters. The lowest BCUT2D eigenvalue weighted by molar-refractivity contribution is 0.193. The molecule has 1 fully saturated rings. The summed E-state index contributed by atoms with van der Waals surface area (Å²) in [5.74, 6) is 1.72. The molecule has 0 radical (unpaired) electrons. The first-order chi connectivity index (χ1) is 13.2. The summed E-state index contributed by atoms with van der Waals surface area (Å²) in [6.45, 7) is 3.71. The second-order valence-electron chi connectivity index (χ2n) is 6.88. The number of rotatable bonds is 3. The molecule has 6 nitrogen and oxygen atoms in total. The van der Waals surface area contributed by atoms with Crippen LogP contribution in [-0.2, 0) is 0 Å². The van der Waals surface area contributed by atoms with E-state index in [0.29, 0.717) is 13.2 Å². The van der Waals surface area contributed by atoms with Crippen LogP contribution in [0.4, 0.5) is 10.5 Å². The maximum atomic E-state index is 12.8. The number of para-hydroxylation sites is 1. The zero-order valence-corrected chi connectivity index (χ0v) is 15.6. The van der Waals surface area contributed by atoms with E-state index in [1.54, 1.807) is 7.11 Å². The molecule has 0 saturated carbocycles. The maximum Gasteiger partial charge on any atom is 0.318 e. The second-order valence-corrected chi connectivity index (χ2v) is 6.88. The fraction of sp³-hybridized carbons (Fsp3) is 0.381. The number of fused-ring (bicyclic) bond motifs is 1. The van der Waals surface area contributed by atoms with Gasteiger partial charge in [0, 0.05) is 37.4 Å². The number of carbonyl (C=O) groups is 1. The fourth-order valence-corrected chi connectivity index (χ4v) is 3.69. The lowest BCUT2D eigenvalue weighted by Gasteiger charge is -2.25. The van der Waals surface area contributed by atoms with Gasteiger partial charge in [-0.2, -0.15) is 0 Å². The molecule has 0 aromatic heterocycles. The number of urea groups is 1. The van der Waals surface area contributed by atoms with Gasteiger partial charge in [0.1, 0.15) is 18.1 Å². The first kappa shape index (κ1) is 17.5. The van der Waals surface area contributed by atoms with Gasteiger partial charge in [0.25, 0.3) is 0 Å². The SMILES string of the molecule is COc1ccc(N2CCCN(C(=O)NC3COc4ccccc43)CC2)cc1. The van der Waals surface area contributed by atoms with Crippen LogP contribution >= 0.6 is 0 Å². The zero-order chi connectivity index (χ0) is 18.6. The maximum absolute atomic E-state index is 12.8. The van der Waals surface area contributed by atoms with Crippen LogP contribution in [0.1, 0.15) is 18.0 Å². The van der Waals surface area contributed by atoms with Crippen LogP contribution in [-0.4, -0.2) is 50.8 Å². The third-order valence-corrected chi connectivity index (χ3v) is 5.22. The van der Waals surface area contributed by atoms with Gasteiger partial charge >= 0.3 is 6.03 Å². The molecule has 27 heavy (non-hydrogen) atoms. The summed E-state index contributed by atoms with van der Waals surface area (Å²) in [6.07, 6.45) is 0.942. The molecule has 6 heteroatoms. The Morgan fingerprint density at radius 2 is 1.89 bits per heavy atom. The molecule has 2 heterocycles. The standard InChI is InChI=1S/C21H25N3O3/c1-26-17-9-7-16(8-10-17)23-11-4-12-24(14-13-23)21(25)22-19-15-27-20-6-3-2-5-18(19)20/h2-3,5-10,19H,4,11-15H2,1H3,(H,22,25). The minimum atomic E-state index is -0.0744. The molecule has 0 spiro atoms. The van der Waals surface area contributed by atoms with E-state index in [2.05, 4.69) is 22.3 Å². The summed E-state index contributed by atoms with van der Waals surface area (Å²) in [6, 6.07) is 15.9. The fourth-order valence-electron chi connectivity index (χ4n) is 3.69. The van der Waals surface area contributed by atoms with Crippen molar-refractivity contribution < 1.29 is 14.3 Å². The Bertz CT molecular complexity index is 794. The van der Waals surface area contributed by atoms with Crippen molar-refractivity contribution in [3.05, 3.63) is 54.1 Å². The molecule has 0 aliphatic carbocycles. The van der Waals surface area contributed by atoms with Crippen LogP contribution in [0.15, 0.2) is 48.5 Å². The van der Waals surface area contributed by atoms with Crippen LogP contribution < -0.4 is 19.7 Å². The van der Waals surface area contributed by atoms with Crippen LogP contribution in [0.2, 0.25) is 0 Å². The summed E-state index contributed by atoms with van der Waals surface area (Å²) < 4.78 is 10.9. The van der Waals surface area contributed by atoms with Crippen molar-refractivity contribution in [1.29, 1.82) is 0 Å². The van der Waals surface area contributed by atoms with Gasteiger partial charge in [-0.25, -0.2) is 4.79 Å². The summed E-state index contributed by atoms with van der Waals surface area (Å²) in [7, 11) is 1.67. The molecule has 2 aliphatic heterocycles. The average molecular weight is 367 g/mol. The van der Waals surface area contributed by atoms with Gasteiger partial charge in [0.2, 0.25) is 0 Å². The van der Waals surface area contributed by atoms with Crippen LogP contribution in [0, 0.1) is 0 Å². The summed E-state index contributed by atoms with van der Waals surface area (Å²) in [5, 5.41) is 3.13. The van der Waals surface area contributed by atoms with Crippen LogP contribution in [0.25, 0.3) is 0 Å². The second kappa shape index (κ2) is 7.78. The molecule has 2 aromatic carbocycles. The lowest BCUT2D eigenvalue weighted by Crippen LogP contribution is -2.43. The third-order valence-electron chi connectivity index (χ3n) is 5.22. The molecule has 1 N–H and O–H groups in total. The highest BCUT2D eigenvalue weighted by atomic mass is 16.5. The topological polar surface area (TPSA) is 54.0 Å². The highest BCUT2D eigenvalue weighted by Gasteiger charge is 2.27. The van der Waals surface area contributed by atoms with E-state index >= 15 is 0 Å². The number of amides is 2. The van der Waals surface area contributed by atoms with E-state index < -0.39 is 0 Å². The minimum Gasteiger partial charge on any atom is -0.497 e. The van der Waals surface area contributed by atoms with Crippen molar-refractivity contribution in [1.82, 2.24) is 10.2 Å². The van der Waals surface area contributed by atoms with E-state index in [1.165, 1.54) is 0 Å². The number of benzene rings is 2. The largest absolute Gasteiger partial charge is 0.497 e. The molecule has 2 amide bonds. The number of carbonyl (C=O) groups excluding carboxylic acids is 1. The normalized spacial score (nSPS) is 19.1. The highest BCUT2D eigenvalue weighted by Crippen LogP contribution is 2.31. The number of methoxy groups -OCH3 is 1. The molecule has 1 saturated heterocycles. The summed E-state index contributed by atoms with van der Waals surface area (Å²) in [5.41, 5.74) is 2.22. The number of ether oxygens (including phenoxy) is 2. The minimum absolute atomic E-state index is 0.0168. The zero-order valence-electron chi connectivity index (χ0n) is 15.6. The Labute approximate surface area is 159 Å². The Morgan fingerprint density at radius 1 is 1.07 bits per heavy atom. The lowest BCUT2D eigenvalue weighted by atomic mass is 10.1. The Balaban J connectivity index is 1.36. The van der Waals surface area contributed by atoms with Gasteiger partial charge < -0.3 is 24.6 Å². The van der Waals surface area contributed by atoms with Crippen molar-refractivity contribution in [2.75, 3.05) is 44.8 Å². The summed E-state index contributed by atoms with van der Waals surface area (Å²) in [4.78, 5) is 17.0. The van der Waals surface area contributed by atoms with Crippen molar-refractivity contribution in [2.45, 2.75) is 12.5 Å². The predicted molar refractivity (Wildman–Crippen MR) is 105 cm³/mol. The van der Waals surface area contributed by atoms with E-state index in [-0.39, 0.29) is 12.1 Å². The first-order valence-electron chi connectivity index (χ1n) is 9.41. The van der Waals surface area contributed by atoms with Gasteiger partial charge in [-0.3, -0.25) is 0 Å². The Kier molecular flexibility index (Phi) is 5.05. The first-order valence-corrected chi connectivity index (χ1v) is 9.41. The molecule has 1 atom stereocenters. The smallest absolute Gasteiger partial charge is 0.318 e. The van der Waals surface area contributed by atoms with E-state index in [1.807, 2.05) is 41.3 Å². The van der Waals surface area contributed by atoms with Crippen molar-refractivity contribution in [3.8, 4) is 11.5 Å². The molecule has 2 aromatic rings. The molecular weight excluding hydrogens is 342 g/mol. The van der Waals surface area contributed by atoms with Crippen LogP contribution in [0.3, 0.4) is 0 Å². The molecule has 4 rings (SSSR count). The van der Waals surface area contributed by atoms with E-state index in [0.717, 1.165) is 48.8 Å². The third kappa shape index (κ3) is 3.79. The average Bonchev–Trinajstić information content (AvgIpc) is 2.95. The predicted octanol–water partition coefficient (Wildman–Crippen LogP) is 3.05. The van der Waals surface area contributed by atoms with Gasteiger partial charge in [-0.15, -0.1) is 0 Å². The molecule has 0 bridgehead atoms. The van der Waals surface area contributed by atoms with E-state index in [4.69, 9.17) is 9.47 Å². The van der Waals surface area contributed by atoms with Gasteiger partial charge in [-0.1, -0.05) is 18.2 Å². The molecule has 142 valence electrons. The Hall–Kier alpha value is -2.89.